The summed E-state index contributed by atoms with van der Waals surface area (Å²) in [5.41, 5.74) is -0.464. The van der Waals surface area contributed by atoms with Gasteiger partial charge in [-0.3, -0.25) is 4.79 Å². The Morgan fingerprint density at radius 3 is 2.29 bits per heavy atom. The summed E-state index contributed by atoms with van der Waals surface area (Å²) in [7, 11) is 0. The van der Waals surface area contributed by atoms with Gasteiger partial charge in [0.05, 0.1) is 0 Å². The monoisotopic (exact) mass is 241 g/mol. The molecule has 0 aromatic heterocycles. The van der Waals surface area contributed by atoms with Crippen LogP contribution in [0.3, 0.4) is 0 Å². The molecule has 0 aliphatic carbocycles. The Balaban J connectivity index is 2.58. The van der Waals surface area contributed by atoms with E-state index in [1.807, 2.05) is 27.7 Å². The maximum absolute atomic E-state index is 11.9. The van der Waals surface area contributed by atoms with Crippen LogP contribution in [0, 0.1) is 5.92 Å². The lowest BCUT2D eigenvalue weighted by Gasteiger charge is -2.37. The molecule has 1 fully saturated rings. The van der Waals surface area contributed by atoms with Crippen molar-refractivity contribution < 1.29 is 14.3 Å². The molecular formula is C13H23NO3. The van der Waals surface area contributed by atoms with Crippen LogP contribution in [0.4, 0.5) is 4.79 Å². The van der Waals surface area contributed by atoms with E-state index in [2.05, 4.69) is 0 Å². The van der Waals surface area contributed by atoms with Crippen molar-refractivity contribution in [2.75, 3.05) is 6.54 Å². The molecule has 1 aliphatic heterocycles. The molecule has 17 heavy (non-hydrogen) atoms. The number of carbonyl (C=O) groups is 2. The van der Waals surface area contributed by atoms with Crippen LogP contribution in [-0.2, 0) is 9.53 Å². The Kier molecular flexibility index (Phi) is 4.17. The molecule has 1 rings (SSSR count). The molecule has 1 heterocycles. The highest BCUT2D eigenvalue weighted by Gasteiger charge is 2.33. The van der Waals surface area contributed by atoms with E-state index in [9.17, 15) is 9.59 Å². The fourth-order valence-electron chi connectivity index (χ4n) is 2.13. The van der Waals surface area contributed by atoms with Gasteiger partial charge in [-0.1, -0.05) is 0 Å². The molecule has 1 aliphatic rings. The maximum Gasteiger partial charge on any atom is 0.410 e. The van der Waals surface area contributed by atoms with Gasteiger partial charge in [0.25, 0.3) is 0 Å². The van der Waals surface area contributed by atoms with Crippen molar-refractivity contribution in [2.24, 2.45) is 5.92 Å². The van der Waals surface area contributed by atoms with E-state index in [0.717, 1.165) is 12.8 Å². The summed E-state index contributed by atoms with van der Waals surface area (Å²) in [5, 5.41) is 0. The first-order valence-electron chi connectivity index (χ1n) is 6.21. The first kappa shape index (κ1) is 14.0. The number of hydrogen-bond acceptors (Lipinski definition) is 3. The second kappa shape index (κ2) is 5.07. The number of ether oxygens (including phenoxy) is 1. The third kappa shape index (κ3) is 4.02. The number of Topliss-reactive ketones (excluding diaryl/α,β-unsaturated/α-hetero) is 1. The minimum atomic E-state index is -0.464. The van der Waals surface area contributed by atoms with Crippen molar-refractivity contribution >= 4 is 11.9 Å². The highest BCUT2D eigenvalue weighted by Crippen LogP contribution is 2.25. The number of likely N-dealkylation sites (tertiary alicyclic amines) is 1. The lowest BCUT2D eigenvalue weighted by Crippen LogP contribution is -2.47. The largest absolute Gasteiger partial charge is 0.444 e. The average Bonchev–Trinajstić information content (AvgIpc) is 2.14. The molecule has 0 bridgehead atoms. The fourth-order valence-corrected chi connectivity index (χ4v) is 2.13. The van der Waals surface area contributed by atoms with Gasteiger partial charge in [0, 0.05) is 18.5 Å². The van der Waals surface area contributed by atoms with Crippen LogP contribution < -0.4 is 0 Å². The number of nitrogens with zero attached hydrogens (tertiary/aromatic N) is 1. The van der Waals surface area contributed by atoms with Crippen LogP contribution in [0.2, 0.25) is 0 Å². The summed E-state index contributed by atoms with van der Waals surface area (Å²) in [5.74, 6) is 0.323. The molecule has 1 amide bonds. The number of amides is 1. The fraction of sp³-hybridized carbons (Fsp3) is 0.846. The van der Waals surface area contributed by atoms with Gasteiger partial charge >= 0.3 is 6.09 Å². The van der Waals surface area contributed by atoms with Crippen LogP contribution in [0.5, 0.6) is 0 Å². The highest BCUT2D eigenvalue weighted by molar-refractivity contribution is 5.79. The van der Waals surface area contributed by atoms with E-state index in [1.165, 1.54) is 0 Å². The van der Waals surface area contributed by atoms with Crippen molar-refractivity contribution in [3.05, 3.63) is 0 Å². The Morgan fingerprint density at radius 2 is 1.88 bits per heavy atom. The summed E-state index contributed by atoms with van der Waals surface area (Å²) in [4.78, 5) is 25.0. The van der Waals surface area contributed by atoms with E-state index in [-0.39, 0.29) is 23.8 Å². The molecule has 0 aromatic carbocycles. The summed E-state index contributed by atoms with van der Waals surface area (Å²) in [6, 6.07) is 0.0764. The van der Waals surface area contributed by atoms with E-state index in [0.29, 0.717) is 6.54 Å². The number of piperidine rings is 1. The van der Waals surface area contributed by atoms with Gasteiger partial charge in [0.15, 0.2) is 0 Å². The zero-order chi connectivity index (χ0) is 13.2. The quantitative estimate of drug-likeness (QED) is 0.709. The Labute approximate surface area is 103 Å². The Hall–Kier alpha value is -1.06. The number of ketones is 1. The molecule has 1 saturated heterocycles. The summed E-state index contributed by atoms with van der Waals surface area (Å²) in [6.45, 7) is 9.79. The van der Waals surface area contributed by atoms with E-state index in [1.54, 1.807) is 11.8 Å². The van der Waals surface area contributed by atoms with Gasteiger partial charge in [0.2, 0.25) is 0 Å². The molecule has 98 valence electrons. The molecule has 0 aromatic rings. The summed E-state index contributed by atoms with van der Waals surface area (Å²) in [6.07, 6.45) is 1.22. The molecule has 0 N–H and O–H groups in total. The number of carbonyl (C=O) groups excluding carboxylic acids is 2. The van der Waals surface area contributed by atoms with Gasteiger partial charge in [-0.2, -0.15) is 0 Å². The average molecular weight is 241 g/mol. The standard InChI is InChI=1S/C13H23NO3/c1-9-8-11(10(2)15)6-7-14(9)12(16)17-13(3,4)5/h9,11H,6-8H2,1-5H3/t9-,11-/m0/s1. The SMILES string of the molecule is CC(=O)[C@H]1CCN(C(=O)OC(C)(C)C)[C@@H](C)C1. The molecule has 4 nitrogen and oxygen atoms in total. The lowest BCUT2D eigenvalue weighted by molar-refractivity contribution is -0.122. The normalized spacial score (nSPS) is 25.6. The van der Waals surface area contributed by atoms with Crippen molar-refractivity contribution in [3.63, 3.8) is 0 Å². The van der Waals surface area contributed by atoms with Gasteiger partial charge in [-0.15, -0.1) is 0 Å². The molecule has 0 saturated carbocycles. The molecule has 0 radical (unpaired) electrons. The maximum atomic E-state index is 11.9. The smallest absolute Gasteiger partial charge is 0.410 e. The van der Waals surface area contributed by atoms with Crippen molar-refractivity contribution in [2.45, 2.75) is 59.1 Å². The Morgan fingerprint density at radius 1 is 1.29 bits per heavy atom. The van der Waals surface area contributed by atoms with Crippen LogP contribution in [-0.4, -0.2) is 35.0 Å². The topological polar surface area (TPSA) is 46.6 Å². The van der Waals surface area contributed by atoms with Gasteiger partial charge in [0.1, 0.15) is 11.4 Å². The zero-order valence-electron chi connectivity index (χ0n) is 11.4. The Bertz CT molecular complexity index is 306. The van der Waals surface area contributed by atoms with E-state index >= 15 is 0 Å². The zero-order valence-corrected chi connectivity index (χ0v) is 11.4. The van der Waals surface area contributed by atoms with Crippen molar-refractivity contribution in [1.29, 1.82) is 0 Å². The van der Waals surface area contributed by atoms with Crippen molar-refractivity contribution in [3.8, 4) is 0 Å². The van der Waals surface area contributed by atoms with Gasteiger partial charge in [-0.25, -0.2) is 4.79 Å². The van der Waals surface area contributed by atoms with Crippen LogP contribution in [0.25, 0.3) is 0 Å². The molecule has 4 heteroatoms. The molecule has 0 unspecified atom stereocenters. The van der Waals surface area contributed by atoms with Gasteiger partial charge < -0.3 is 9.64 Å². The highest BCUT2D eigenvalue weighted by atomic mass is 16.6. The number of hydrogen-bond donors (Lipinski definition) is 0. The summed E-state index contributed by atoms with van der Waals surface area (Å²) < 4.78 is 5.35. The van der Waals surface area contributed by atoms with E-state index < -0.39 is 5.60 Å². The van der Waals surface area contributed by atoms with Crippen LogP contribution >= 0.6 is 0 Å². The van der Waals surface area contributed by atoms with Crippen LogP contribution in [0.15, 0.2) is 0 Å². The second-order valence-corrected chi connectivity index (χ2v) is 5.85. The van der Waals surface area contributed by atoms with Gasteiger partial charge in [-0.05, 0) is 47.5 Å². The van der Waals surface area contributed by atoms with E-state index in [4.69, 9.17) is 4.74 Å². The minimum absolute atomic E-state index is 0.0764. The molecular weight excluding hydrogens is 218 g/mol. The first-order chi connectivity index (χ1) is 7.70. The van der Waals surface area contributed by atoms with Crippen molar-refractivity contribution in [1.82, 2.24) is 4.90 Å². The lowest BCUT2D eigenvalue weighted by atomic mass is 9.89. The summed E-state index contributed by atoms with van der Waals surface area (Å²) >= 11 is 0. The minimum Gasteiger partial charge on any atom is -0.444 e. The molecule has 0 spiro atoms. The third-order valence-electron chi connectivity index (χ3n) is 3.08. The second-order valence-electron chi connectivity index (χ2n) is 5.85. The first-order valence-corrected chi connectivity index (χ1v) is 6.21. The molecule has 2 atom stereocenters. The predicted molar refractivity (Wildman–Crippen MR) is 65.8 cm³/mol. The third-order valence-corrected chi connectivity index (χ3v) is 3.08. The van der Waals surface area contributed by atoms with Crippen LogP contribution in [0.1, 0.15) is 47.5 Å². The predicted octanol–water partition coefficient (Wildman–Crippen LogP) is 2.61. The number of rotatable bonds is 1.